The summed E-state index contributed by atoms with van der Waals surface area (Å²) in [5.74, 6) is 1.04. The second-order valence-corrected chi connectivity index (χ2v) is 9.74. The minimum atomic E-state index is -0.241. The maximum Gasteiger partial charge on any atom is 0.157 e. The van der Waals surface area contributed by atoms with E-state index < -0.39 is 0 Å². The molecule has 200 valence electrons. The Morgan fingerprint density at radius 3 is 2.35 bits per heavy atom. The van der Waals surface area contributed by atoms with Crippen LogP contribution in [-0.2, 0) is 0 Å². The molecule has 1 N–H and O–H groups in total. The zero-order chi connectivity index (χ0) is 27.7. The van der Waals surface area contributed by atoms with Gasteiger partial charge in [0, 0.05) is 23.9 Å². The lowest BCUT2D eigenvalue weighted by Crippen LogP contribution is -2.32. The van der Waals surface area contributed by atoms with Crippen LogP contribution in [0.3, 0.4) is 0 Å². The number of hydrogen-bond donors (Lipinski definition) is 1. The average Bonchev–Trinajstić information content (AvgIpc) is 2.91. The Hall–Kier alpha value is -3.20. The number of fused-ring (bicyclic) bond motifs is 1. The summed E-state index contributed by atoms with van der Waals surface area (Å²) in [5, 5.41) is 23.2. The van der Waals surface area contributed by atoms with Gasteiger partial charge in [0.05, 0.1) is 29.1 Å². The van der Waals surface area contributed by atoms with Gasteiger partial charge in [-0.15, -0.1) is 5.10 Å². The Bertz CT molecular complexity index is 1220. The summed E-state index contributed by atoms with van der Waals surface area (Å²) in [6.45, 7) is 16.5. The molecule has 5 nitrogen and oxygen atoms in total. The van der Waals surface area contributed by atoms with Gasteiger partial charge >= 0.3 is 0 Å². The van der Waals surface area contributed by atoms with Crippen LogP contribution in [0.2, 0.25) is 0 Å². The standard InChI is InChI=1S/C29H38FN5.C2H6/c1-8-18(3)13-14-23(9-2)35(7)28-16-26-25(15-27(28)30)21(6)33-34-29(26)32-20(5)24-12-10-11-22(17-31)19(24)4;1-2/h10-12,15-16,18,20,23H,8-9,13-14H2,1-7H3,(H,32,34);1-2H3/t18?,20-,23?;/m1./s1. The van der Waals surface area contributed by atoms with E-state index in [9.17, 15) is 5.26 Å². The third kappa shape index (κ3) is 6.97. The van der Waals surface area contributed by atoms with E-state index in [1.807, 2.05) is 65.9 Å². The fourth-order valence-electron chi connectivity index (χ4n) is 4.74. The molecule has 0 saturated carbocycles. The molecule has 0 fully saturated rings. The molecule has 0 aliphatic carbocycles. The molecule has 1 aromatic heterocycles. The van der Waals surface area contributed by atoms with E-state index in [1.54, 1.807) is 6.07 Å². The Kier molecular flexibility index (Phi) is 11.3. The van der Waals surface area contributed by atoms with Crippen molar-refractivity contribution in [2.75, 3.05) is 17.3 Å². The van der Waals surface area contributed by atoms with Crippen molar-refractivity contribution < 1.29 is 4.39 Å². The molecule has 1 heterocycles. The number of nitrogens with zero attached hydrogens (tertiary/aromatic N) is 4. The molecule has 3 atom stereocenters. The minimum absolute atomic E-state index is 0.103. The summed E-state index contributed by atoms with van der Waals surface area (Å²) in [6.07, 6.45) is 4.27. The number of halogens is 1. The van der Waals surface area contributed by atoms with Crippen molar-refractivity contribution in [2.24, 2.45) is 5.92 Å². The van der Waals surface area contributed by atoms with Gasteiger partial charge in [0.1, 0.15) is 5.82 Å². The van der Waals surface area contributed by atoms with E-state index in [4.69, 9.17) is 0 Å². The van der Waals surface area contributed by atoms with Crippen molar-refractivity contribution in [1.29, 1.82) is 5.26 Å². The van der Waals surface area contributed by atoms with Gasteiger partial charge in [-0.3, -0.25) is 0 Å². The highest BCUT2D eigenvalue weighted by Crippen LogP contribution is 2.34. The van der Waals surface area contributed by atoms with Gasteiger partial charge in [-0.1, -0.05) is 53.2 Å². The number of aromatic nitrogens is 2. The molecule has 3 aromatic rings. The lowest BCUT2D eigenvalue weighted by Gasteiger charge is -2.31. The number of hydrogen-bond acceptors (Lipinski definition) is 5. The summed E-state index contributed by atoms with van der Waals surface area (Å²) in [4.78, 5) is 2.08. The van der Waals surface area contributed by atoms with Crippen molar-refractivity contribution in [3.05, 3.63) is 58.5 Å². The smallest absolute Gasteiger partial charge is 0.157 e. The minimum Gasteiger partial charge on any atom is -0.369 e. The monoisotopic (exact) mass is 505 g/mol. The number of rotatable bonds is 10. The Labute approximate surface area is 223 Å². The molecular formula is C31H44FN5. The highest BCUT2D eigenvalue weighted by atomic mass is 19.1. The van der Waals surface area contributed by atoms with Crippen LogP contribution in [0.25, 0.3) is 10.8 Å². The lowest BCUT2D eigenvalue weighted by molar-refractivity contribution is 0.441. The summed E-state index contributed by atoms with van der Waals surface area (Å²) < 4.78 is 15.4. The van der Waals surface area contributed by atoms with Crippen molar-refractivity contribution >= 4 is 22.3 Å². The van der Waals surface area contributed by atoms with E-state index >= 15 is 4.39 Å². The van der Waals surface area contributed by atoms with Gasteiger partial charge < -0.3 is 10.2 Å². The topological polar surface area (TPSA) is 64.8 Å². The zero-order valence-electron chi connectivity index (χ0n) is 24.1. The Morgan fingerprint density at radius 1 is 1.03 bits per heavy atom. The van der Waals surface area contributed by atoms with Crippen LogP contribution in [0.5, 0.6) is 0 Å². The first kappa shape index (κ1) is 30.0. The van der Waals surface area contributed by atoms with Crippen LogP contribution in [0.4, 0.5) is 15.9 Å². The van der Waals surface area contributed by atoms with E-state index in [1.165, 1.54) is 0 Å². The summed E-state index contributed by atoms with van der Waals surface area (Å²) >= 11 is 0. The van der Waals surface area contributed by atoms with E-state index in [0.29, 0.717) is 28.7 Å². The molecule has 37 heavy (non-hydrogen) atoms. The van der Waals surface area contributed by atoms with Gasteiger partial charge in [0.25, 0.3) is 0 Å². The fourth-order valence-corrected chi connectivity index (χ4v) is 4.74. The molecule has 0 saturated heterocycles. The SMILES string of the molecule is CC.CCC(C)CCC(CC)N(C)c1cc2c(N[C@H](C)c3cccc(C#N)c3C)nnc(C)c2cc1F. The number of benzene rings is 2. The fraction of sp³-hybridized carbons (Fsp3) is 0.516. The van der Waals surface area contributed by atoms with Crippen LogP contribution in [0.15, 0.2) is 30.3 Å². The molecule has 0 radical (unpaired) electrons. The molecule has 3 rings (SSSR count). The molecule has 2 aromatic carbocycles. The molecular weight excluding hydrogens is 461 g/mol. The third-order valence-corrected chi connectivity index (χ3v) is 7.44. The molecule has 0 spiro atoms. The first-order valence-corrected chi connectivity index (χ1v) is 13.7. The van der Waals surface area contributed by atoms with Crippen molar-refractivity contribution in [3.8, 4) is 6.07 Å². The number of nitriles is 1. The van der Waals surface area contributed by atoms with Gasteiger partial charge in [-0.2, -0.15) is 10.4 Å². The first-order valence-electron chi connectivity index (χ1n) is 13.7. The van der Waals surface area contributed by atoms with Crippen LogP contribution in [0.1, 0.15) is 95.7 Å². The van der Waals surface area contributed by atoms with E-state index in [-0.39, 0.29) is 17.9 Å². The van der Waals surface area contributed by atoms with Gasteiger partial charge in [0.15, 0.2) is 5.82 Å². The van der Waals surface area contributed by atoms with Crippen LogP contribution in [0, 0.1) is 36.9 Å². The lowest BCUT2D eigenvalue weighted by atomic mass is 9.97. The Balaban J connectivity index is 0.00000235. The molecule has 0 bridgehead atoms. The number of aryl methyl sites for hydroxylation is 1. The highest BCUT2D eigenvalue weighted by molar-refractivity contribution is 5.95. The maximum atomic E-state index is 15.4. The van der Waals surface area contributed by atoms with E-state index in [0.717, 1.165) is 47.6 Å². The highest BCUT2D eigenvalue weighted by Gasteiger charge is 2.21. The maximum absolute atomic E-state index is 15.4. The Morgan fingerprint density at radius 2 is 1.73 bits per heavy atom. The van der Waals surface area contributed by atoms with E-state index in [2.05, 4.69) is 47.3 Å². The van der Waals surface area contributed by atoms with Gasteiger partial charge in [0.2, 0.25) is 0 Å². The van der Waals surface area contributed by atoms with Crippen molar-refractivity contribution in [3.63, 3.8) is 0 Å². The number of nitrogens with one attached hydrogen (secondary N) is 1. The largest absolute Gasteiger partial charge is 0.369 e. The van der Waals surface area contributed by atoms with Crippen LogP contribution >= 0.6 is 0 Å². The predicted octanol–water partition coefficient (Wildman–Crippen LogP) is 8.50. The van der Waals surface area contributed by atoms with Gasteiger partial charge in [-0.25, -0.2) is 4.39 Å². The predicted molar refractivity (Wildman–Crippen MR) is 155 cm³/mol. The molecule has 0 aliphatic heterocycles. The molecule has 2 unspecified atom stereocenters. The normalized spacial score (nSPS) is 13.2. The quantitative estimate of drug-likeness (QED) is 0.299. The zero-order valence-corrected chi connectivity index (χ0v) is 24.1. The molecule has 0 aliphatic rings. The first-order chi connectivity index (χ1) is 17.7. The van der Waals surface area contributed by atoms with Crippen molar-refractivity contribution in [1.82, 2.24) is 10.2 Å². The summed E-state index contributed by atoms with van der Waals surface area (Å²) in [5.41, 5.74) is 3.90. The summed E-state index contributed by atoms with van der Waals surface area (Å²) in [6, 6.07) is 11.6. The summed E-state index contributed by atoms with van der Waals surface area (Å²) in [7, 11) is 1.99. The molecule has 6 heteroatoms. The average molecular weight is 506 g/mol. The van der Waals surface area contributed by atoms with Gasteiger partial charge in [-0.05, 0) is 75.3 Å². The second-order valence-electron chi connectivity index (χ2n) is 9.74. The van der Waals surface area contributed by atoms with Crippen LogP contribution < -0.4 is 10.2 Å². The molecule has 0 amide bonds. The van der Waals surface area contributed by atoms with Crippen LogP contribution in [-0.4, -0.2) is 23.3 Å². The third-order valence-electron chi connectivity index (χ3n) is 7.44. The number of anilines is 2. The second kappa shape index (κ2) is 13.9. The van der Waals surface area contributed by atoms with Crippen molar-refractivity contribution in [2.45, 2.75) is 93.2 Å².